The molecule has 1 amide bonds. The molecule has 3 rings (SSSR count). The van der Waals surface area contributed by atoms with Crippen molar-refractivity contribution in [3.05, 3.63) is 58.2 Å². The summed E-state index contributed by atoms with van der Waals surface area (Å²) in [6, 6.07) is 11.4. The second-order valence-electron chi connectivity index (χ2n) is 5.58. The lowest BCUT2D eigenvalue weighted by molar-refractivity contribution is -0.120. The zero-order chi connectivity index (χ0) is 18.0. The fraction of sp³-hybridized carbons (Fsp3) is 0.235. The number of carbonyl (C=O) groups excluding carboxylic acids is 1. The van der Waals surface area contributed by atoms with E-state index in [1.54, 1.807) is 16.7 Å². The van der Waals surface area contributed by atoms with Crippen molar-refractivity contribution >= 4 is 46.5 Å². The maximum Gasteiger partial charge on any atom is 0.233 e. The van der Waals surface area contributed by atoms with Crippen LogP contribution in [0.2, 0.25) is 10.0 Å². The molecule has 0 bridgehead atoms. The largest absolute Gasteiger partial charge is 0.349 e. The van der Waals surface area contributed by atoms with Crippen molar-refractivity contribution in [2.75, 3.05) is 0 Å². The van der Waals surface area contributed by atoms with Crippen LogP contribution < -0.4 is 5.32 Å². The molecule has 0 spiro atoms. The Balaban J connectivity index is 1.72. The second-order valence-corrected chi connectivity index (χ2v) is 7.74. The molecule has 3 aromatic rings. The number of amides is 1. The summed E-state index contributed by atoms with van der Waals surface area (Å²) in [6.45, 7) is 3.78. The fourth-order valence-corrected chi connectivity index (χ4v) is 3.69. The number of aromatic nitrogens is 3. The highest BCUT2D eigenvalue weighted by Crippen LogP contribution is 2.27. The van der Waals surface area contributed by atoms with Gasteiger partial charge in [0.2, 0.25) is 5.91 Å². The van der Waals surface area contributed by atoms with Crippen LogP contribution in [0.15, 0.2) is 47.8 Å². The van der Waals surface area contributed by atoms with Crippen molar-refractivity contribution < 1.29 is 4.79 Å². The van der Waals surface area contributed by atoms with Crippen LogP contribution >= 0.6 is 35.0 Å². The van der Waals surface area contributed by atoms with Gasteiger partial charge in [-0.25, -0.2) is 0 Å². The van der Waals surface area contributed by atoms with Crippen LogP contribution in [-0.4, -0.2) is 25.8 Å². The number of rotatable bonds is 5. The molecule has 130 valence electrons. The number of benzene rings is 1. The summed E-state index contributed by atoms with van der Waals surface area (Å²) < 4.78 is 1.69. The molecule has 8 heteroatoms. The lowest BCUT2D eigenvalue weighted by atomic mass is 10.1. The molecule has 0 aliphatic rings. The fourth-order valence-electron chi connectivity index (χ4n) is 2.35. The van der Waals surface area contributed by atoms with E-state index in [0.29, 0.717) is 20.8 Å². The molecule has 2 aromatic heterocycles. The lowest BCUT2D eigenvalue weighted by Crippen LogP contribution is -2.33. The molecular formula is C17H16Cl2N4OS. The average Bonchev–Trinajstić information content (AvgIpc) is 2.98. The molecule has 2 heterocycles. The van der Waals surface area contributed by atoms with Crippen LogP contribution in [0.4, 0.5) is 0 Å². The monoisotopic (exact) mass is 394 g/mol. The molecule has 2 unspecified atom stereocenters. The molecule has 2 atom stereocenters. The minimum Gasteiger partial charge on any atom is -0.349 e. The van der Waals surface area contributed by atoms with E-state index in [1.165, 1.54) is 11.8 Å². The van der Waals surface area contributed by atoms with Gasteiger partial charge in [-0.3, -0.25) is 9.20 Å². The molecule has 5 nitrogen and oxygen atoms in total. The van der Waals surface area contributed by atoms with Crippen LogP contribution in [0.25, 0.3) is 5.65 Å². The molecule has 0 aliphatic carbocycles. The third kappa shape index (κ3) is 4.08. The van der Waals surface area contributed by atoms with E-state index < -0.39 is 0 Å². The molecule has 0 radical (unpaired) electrons. The smallest absolute Gasteiger partial charge is 0.233 e. The number of hydrogen-bond donors (Lipinski definition) is 1. The minimum absolute atomic E-state index is 0.0733. The van der Waals surface area contributed by atoms with Crippen LogP contribution in [0.3, 0.4) is 0 Å². The summed E-state index contributed by atoms with van der Waals surface area (Å²) in [7, 11) is 0. The minimum atomic E-state index is -0.351. The zero-order valence-electron chi connectivity index (χ0n) is 13.6. The van der Waals surface area contributed by atoms with Gasteiger partial charge in [0.15, 0.2) is 10.8 Å². The Kier molecular flexibility index (Phi) is 5.51. The van der Waals surface area contributed by atoms with Gasteiger partial charge in [0.1, 0.15) is 0 Å². The van der Waals surface area contributed by atoms with E-state index in [-0.39, 0.29) is 17.2 Å². The summed E-state index contributed by atoms with van der Waals surface area (Å²) >= 11 is 13.5. The van der Waals surface area contributed by atoms with Crippen LogP contribution in [0, 0.1) is 0 Å². The Morgan fingerprint density at radius 1 is 1.20 bits per heavy atom. The van der Waals surface area contributed by atoms with Gasteiger partial charge in [-0.05, 0) is 25.5 Å². The highest BCUT2D eigenvalue weighted by Gasteiger charge is 2.20. The summed E-state index contributed by atoms with van der Waals surface area (Å²) in [5.41, 5.74) is 1.57. The molecule has 0 saturated heterocycles. The van der Waals surface area contributed by atoms with E-state index in [9.17, 15) is 4.79 Å². The Bertz CT molecular complexity index is 900. The van der Waals surface area contributed by atoms with E-state index in [0.717, 1.165) is 5.56 Å². The highest BCUT2D eigenvalue weighted by atomic mass is 35.5. The number of thioether (sulfide) groups is 1. The molecule has 1 N–H and O–H groups in total. The van der Waals surface area contributed by atoms with E-state index in [2.05, 4.69) is 15.5 Å². The Hall–Kier alpha value is -1.76. The Morgan fingerprint density at radius 3 is 2.64 bits per heavy atom. The van der Waals surface area contributed by atoms with Gasteiger partial charge in [-0.2, -0.15) is 0 Å². The first-order chi connectivity index (χ1) is 12.0. The van der Waals surface area contributed by atoms with Crippen molar-refractivity contribution in [3.63, 3.8) is 0 Å². The van der Waals surface area contributed by atoms with E-state index >= 15 is 0 Å². The van der Waals surface area contributed by atoms with Crippen molar-refractivity contribution in [2.45, 2.75) is 30.3 Å². The molecule has 0 fully saturated rings. The molecule has 0 aliphatic heterocycles. The van der Waals surface area contributed by atoms with Crippen LogP contribution in [-0.2, 0) is 4.79 Å². The van der Waals surface area contributed by atoms with Gasteiger partial charge >= 0.3 is 0 Å². The molecule has 25 heavy (non-hydrogen) atoms. The van der Waals surface area contributed by atoms with Gasteiger partial charge in [0, 0.05) is 6.20 Å². The van der Waals surface area contributed by atoms with Gasteiger partial charge < -0.3 is 5.32 Å². The standard InChI is InChI=1S/C17H16Cl2N4OS/c1-10(12-6-4-3-5-7-12)20-16(24)11(2)25-17-22-21-15-14(19)8-13(18)9-23(15)17/h3-11H,1-2H3,(H,20,24). The van der Waals surface area contributed by atoms with Crippen LogP contribution in [0.1, 0.15) is 25.5 Å². The number of fused-ring (bicyclic) bond motifs is 1. The lowest BCUT2D eigenvalue weighted by Gasteiger charge is -2.17. The number of nitrogens with zero attached hydrogens (tertiary/aromatic N) is 3. The van der Waals surface area contributed by atoms with E-state index in [4.69, 9.17) is 23.2 Å². The van der Waals surface area contributed by atoms with Crippen molar-refractivity contribution in [1.82, 2.24) is 19.9 Å². The summed E-state index contributed by atoms with van der Waals surface area (Å²) in [5, 5.41) is 12.3. The first kappa shape index (κ1) is 18.0. The quantitative estimate of drug-likeness (QED) is 0.651. The maximum atomic E-state index is 12.5. The Labute approximate surface area is 159 Å². The predicted octanol–water partition coefficient (Wildman–Crippen LogP) is 4.39. The SMILES string of the molecule is CC(Sc1nnc2c(Cl)cc(Cl)cn12)C(=O)NC(C)c1ccccc1. The number of halogens is 2. The van der Waals surface area contributed by atoms with Crippen molar-refractivity contribution in [2.24, 2.45) is 0 Å². The maximum absolute atomic E-state index is 12.5. The zero-order valence-corrected chi connectivity index (χ0v) is 15.9. The molecule has 1 aromatic carbocycles. The number of pyridine rings is 1. The summed E-state index contributed by atoms with van der Waals surface area (Å²) in [5.74, 6) is -0.0776. The predicted molar refractivity (Wildman–Crippen MR) is 101 cm³/mol. The van der Waals surface area contributed by atoms with Gasteiger partial charge in [0.05, 0.1) is 21.3 Å². The number of hydrogen-bond acceptors (Lipinski definition) is 4. The van der Waals surface area contributed by atoms with E-state index in [1.807, 2.05) is 44.2 Å². The van der Waals surface area contributed by atoms with Crippen molar-refractivity contribution in [3.8, 4) is 0 Å². The topological polar surface area (TPSA) is 59.3 Å². The van der Waals surface area contributed by atoms with Crippen molar-refractivity contribution in [1.29, 1.82) is 0 Å². The third-order valence-corrected chi connectivity index (χ3v) is 5.25. The van der Waals surface area contributed by atoms with Crippen LogP contribution in [0.5, 0.6) is 0 Å². The van der Waals surface area contributed by atoms with Gasteiger partial charge in [-0.1, -0.05) is 65.3 Å². The molecule has 0 saturated carbocycles. The molecular weight excluding hydrogens is 379 g/mol. The second kappa shape index (κ2) is 7.64. The number of nitrogens with one attached hydrogen (secondary N) is 1. The first-order valence-corrected chi connectivity index (χ1v) is 9.31. The Morgan fingerprint density at radius 2 is 1.92 bits per heavy atom. The average molecular weight is 395 g/mol. The highest BCUT2D eigenvalue weighted by molar-refractivity contribution is 8.00. The summed E-state index contributed by atoms with van der Waals surface area (Å²) in [6.07, 6.45) is 1.68. The normalized spacial score (nSPS) is 13.6. The number of carbonyl (C=O) groups is 1. The first-order valence-electron chi connectivity index (χ1n) is 7.67. The summed E-state index contributed by atoms with van der Waals surface area (Å²) in [4.78, 5) is 12.5. The third-order valence-electron chi connectivity index (χ3n) is 3.70. The van der Waals surface area contributed by atoms with Gasteiger partial charge in [-0.15, -0.1) is 10.2 Å². The van der Waals surface area contributed by atoms with Gasteiger partial charge in [0.25, 0.3) is 0 Å².